The normalized spacial score (nSPS) is 9.70. The van der Waals surface area contributed by atoms with E-state index < -0.39 is 0 Å². The van der Waals surface area contributed by atoms with Crippen molar-refractivity contribution in [1.29, 1.82) is 0 Å². The predicted molar refractivity (Wildman–Crippen MR) is 92.0 cm³/mol. The van der Waals surface area contributed by atoms with Gasteiger partial charge in [0.2, 0.25) is 0 Å². The lowest BCUT2D eigenvalue weighted by atomic mass is 10.2. The molecule has 0 amide bonds. The Morgan fingerprint density at radius 1 is 1.15 bits per heavy atom. The molecule has 0 fully saturated rings. The van der Waals surface area contributed by atoms with E-state index in [2.05, 4.69) is 40.2 Å². The van der Waals surface area contributed by atoms with Crippen LogP contribution in [-0.2, 0) is 6.54 Å². The van der Waals surface area contributed by atoms with Crippen molar-refractivity contribution in [3.63, 3.8) is 0 Å². The molecule has 0 radical (unpaired) electrons. The zero-order valence-corrected chi connectivity index (χ0v) is 15.5. The minimum atomic E-state index is 0. The van der Waals surface area contributed by atoms with Gasteiger partial charge < -0.3 is 19.7 Å². The summed E-state index contributed by atoms with van der Waals surface area (Å²) in [6.45, 7) is 2.79. The van der Waals surface area contributed by atoms with Crippen LogP contribution in [0.15, 0.2) is 16.6 Å². The van der Waals surface area contributed by atoms with Crippen molar-refractivity contribution in [2.24, 2.45) is 0 Å². The summed E-state index contributed by atoms with van der Waals surface area (Å²) in [5, 5.41) is 3.39. The zero-order valence-electron chi connectivity index (χ0n) is 12.2. The van der Waals surface area contributed by atoms with Gasteiger partial charge in [-0.3, -0.25) is 0 Å². The number of likely N-dealkylation sites (N-methyl/N-ethyl adjacent to an activating group) is 1. The highest BCUT2D eigenvalue weighted by Gasteiger charge is 2.10. The minimum Gasteiger partial charge on any atom is -0.493 e. The summed E-state index contributed by atoms with van der Waals surface area (Å²) in [6.07, 6.45) is 0. The van der Waals surface area contributed by atoms with Gasteiger partial charge in [-0.25, -0.2) is 0 Å². The van der Waals surface area contributed by atoms with Crippen LogP contribution in [0.5, 0.6) is 11.5 Å². The van der Waals surface area contributed by atoms with E-state index in [1.807, 2.05) is 12.1 Å². The SMILES string of the molecule is COc1cc(CNCCN(C)C)cc(Br)c1OC.Cl.Cl. The van der Waals surface area contributed by atoms with Crippen LogP contribution in [0.25, 0.3) is 0 Å². The van der Waals surface area contributed by atoms with Gasteiger partial charge in [0.05, 0.1) is 18.7 Å². The van der Waals surface area contributed by atoms with E-state index in [-0.39, 0.29) is 24.8 Å². The van der Waals surface area contributed by atoms with Crippen molar-refractivity contribution in [1.82, 2.24) is 10.2 Å². The monoisotopic (exact) mass is 388 g/mol. The third-order valence-corrected chi connectivity index (χ3v) is 3.15. The molecule has 1 aromatic carbocycles. The van der Waals surface area contributed by atoms with Crippen LogP contribution in [0.4, 0.5) is 0 Å². The van der Waals surface area contributed by atoms with E-state index in [0.29, 0.717) is 0 Å². The molecule has 0 aliphatic rings. The molecule has 4 nitrogen and oxygen atoms in total. The molecule has 0 heterocycles. The molecule has 118 valence electrons. The summed E-state index contributed by atoms with van der Waals surface area (Å²) < 4.78 is 11.5. The van der Waals surface area contributed by atoms with Crippen LogP contribution < -0.4 is 14.8 Å². The number of nitrogens with zero attached hydrogens (tertiary/aromatic N) is 1. The highest BCUT2D eigenvalue weighted by Crippen LogP contribution is 2.36. The molecule has 0 saturated heterocycles. The fraction of sp³-hybridized carbons (Fsp3) is 0.538. The Hall–Kier alpha value is -0.200. The Kier molecular flexibility index (Phi) is 12.7. The fourth-order valence-electron chi connectivity index (χ4n) is 1.61. The average Bonchev–Trinajstić information content (AvgIpc) is 2.33. The molecule has 1 N–H and O–H groups in total. The van der Waals surface area contributed by atoms with Gasteiger partial charge in [0, 0.05) is 19.6 Å². The van der Waals surface area contributed by atoms with E-state index in [4.69, 9.17) is 9.47 Å². The largest absolute Gasteiger partial charge is 0.493 e. The lowest BCUT2D eigenvalue weighted by Crippen LogP contribution is -2.26. The summed E-state index contributed by atoms with van der Waals surface area (Å²) in [5.41, 5.74) is 1.17. The quantitative estimate of drug-likeness (QED) is 0.727. The smallest absolute Gasteiger partial charge is 0.174 e. The lowest BCUT2D eigenvalue weighted by molar-refractivity contribution is 0.352. The summed E-state index contributed by atoms with van der Waals surface area (Å²) in [7, 11) is 7.41. The minimum absolute atomic E-state index is 0. The Morgan fingerprint density at radius 3 is 2.30 bits per heavy atom. The van der Waals surface area contributed by atoms with E-state index in [1.54, 1.807) is 14.2 Å². The van der Waals surface area contributed by atoms with Gasteiger partial charge in [-0.15, -0.1) is 24.8 Å². The Balaban J connectivity index is 0. The number of halogens is 3. The van der Waals surface area contributed by atoms with Gasteiger partial charge in [0.15, 0.2) is 11.5 Å². The van der Waals surface area contributed by atoms with Gasteiger partial charge in [0.25, 0.3) is 0 Å². The van der Waals surface area contributed by atoms with E-state index in [0.717, 1.165) is 35.6 Å². The standard InChI is InChI=1S/C13H21BrN2O2.2ClH/c1-16(2)6-5-15-9-10-7-11(14)13(18-4)12(8-10)17-3;;/h7-8,15H,5-6,9H2,1-4H3;2*1H. The second-order valence-corrected chi connectivity index (χ2v) is 5.15. The van der Waals surface area contributed by atoms with Crippen molar-refractivity contribution >= 4 is 40.7 Å². The predicted octanol–water partition coefficient (Wildman–Crippen LogP) is 2.96. The molecule has 7 heteroatoms. The summed E-state index contributed by atoms with van der Waals surface area (Å²) in [6, 6.07) is 4.04. The maximum absolute atomic E-state index is 5.31. The van der Waals surface area contributed by atoms with Crippen LogP contribution in [-0.4, -0.2) is 46.3 Å². The van der Waals surface area contributed by atoms with Crippen LogP contribution in [0, 0.1) is 0 Å². The Bertz CT molecular complexity index is 393. The van der Waals surface area contributed by atoms with Gasteiger partial charge in [0.1, 0.15) is 0 Å². The molecule has 0 atom stereocenters. The summed E-state index contributed by atoms with van der Waals surface area (Å²) in [4.78, 5) is 2.15. The topological polar surface area (TPSA) is 33.7 Å². The van der Waals surface area contributed by atoms with Gasteiger partial charge >= 0.3 is 0 Å². The second-order valence-electron chi connectivity index (χ2n) is 4.29. The molecule has 1 aromatic rings. The van der Waals surface area contributed by atoms with E-state index in [1.165, 1.54) is 5.56 Å². The zero-order chi connectivity index (χ0) is 13.5. The van der Waals surface area contributed by atoms with Crippen molar-refractivity contribution in [3.8, 4) is 11.5 Å². The molecule has 0 aromatic heterocycles. The molecule has 0 bridgehead atoms. The number of hydrogen-bond acceptors (Lipinski definition) is 4. The average molecular weight is 390 g/mol. The molecule has 0 spiro atoms. The van der Waals surface area contributed by atoms with E-state index >= 15 is 0 Å². The van der Waals surface area contributed by atoms with Crippen molar-refractivity contribution in [2.75, 3.05) is 41.4 Å². The molecular formula is C13H23BrCl2N2O2. The number of ether oxygens (including phenoxy) is 2. The number of benzene rings is 1. The van der Waals surface area contributed by atoms with Gasteiger partial charge in [-0.05, 0) is 47.7 Å². The van der Waals surface area contributed by atoms with Crippen molar-refractivity contribution in [3.05, 3.63) is 22.2 Å². The maximum Gasteiger partial charge on any atom is 0.174 e. The van der Waals surface area contributed by atoms with E-state index in [9.17, 15) is 0 Å². The molecule has 0 unspecified atom stereocenters. The first-order valence-electron chi connectivity index (χ1n) is 5.84. The molecule has 20 heavy (non-hydrogen) atoms. The number of methoxy groups -OCH3 is 2. The Labute approximate surface area is 142 Å². The fourth-order valence-corrected chi connectivity index (χ4v) is 2.26. The molecular weight excluding hydrogens is 367 g/mol. The number of rotatable bonds is 7. The van der Waals surface area contributed by atoms with Crippen molar-refractivity contribution < 1.29 is 9.47 Å². The van der Waals surface area contributed by atoms with Crippen LogP contribution >= 0.6 is 40.7 Å². The molecule has 1 rings (SSSR count). The third kappa shape index (κ3) is 6.99. The maximum atomic E-state index is 5.31. The van der Waals surface area contributed by atoms with Gasteiger partial charge in [-0.2, -0.15) is 0 Å². The summed E-state index contributed by atoms with van der Waals surface area (Å²) in [5.74, 6) is 1.48. The number of nitrogens with one attached hydrogen (secondary N) is 1. The second kappa shape index (κ2) is 11.5. The summed E-state index contributed by atoms with van der Waals surface area (Å²) >= 11 is 3.49. The molecule has 0 aliphatic heterocycles. The molecule has 0 aliphatic carbocycles. The van der Waals surface area contributed by atoms with Crippen LogP contribution in [0.1, 0.15) is 5.56 Å². The molecule has 0 saturated carbocycles. The third-order valence-electron chi connectivity index (χ3n) is 2.56. The highest BCUT2D eigenvalue weighted by atomic mass is 79.9. The van der Waals surface area contributed by atoms with Crippen LogP contribution in [0.3, 0.4) is 0 Å². The lowest BCUT2D eigenvalue weighted by Gasteiger charge is -2.13. The van der Waals surface area contributed by atoms with Crippen molar-refractivity contribution in [2.45, 2.75) is 6.54 Å². The first-order valence-corrected chi connectivity index (χ1v) is 6.63. The number of hydrogen-bond donors (Lipinski definition) is 1. The highest BCUT2D eigenvalue weighted by molar-refractivity contribution is 9.10. The first kappa shape index (κ1) is 22.1. The van der Waals surface area contributed by atoms with Gasteiger partial charge in [-0.1, -0.05) is 0 Å². The first-order chi connectivity index (χ1) is 8.58. The Morgan fingerprint density at radius 2 is 1.80 bits per heavy atom. The van der Waals surface area contributed by atoms with Crippen LogP contribution in [0.2, 0.25) is 0 Å².